The smallest absolute Gasteiger partial charge is 0.136 e. The van der Waals surface area contributed by atoms with Crippen LogP contribution in [0.3, 0.4) is 0 Å². The largest absolute Gasteiger partial charge is 0.350 e. The van der Waals surface area contributed by atoms with Crippen LogP contribution in [0.1, 0.15) is 10.6 Å². The van der Waals surface area contributed by atoms with Crippen LogP contribution in [-0.2, 0) is 0 Å². The zero-order chi connectivity index (χ0) is 15.5. The molecule has 0 aliphatic carbocycles. The summed E-state index contributed by atoms with van der Waals surface area (Å²) in [7, 11) is 1.93. The van der Waals surface area contributed by atoms with Crippen molar-refractivity contribution in [2.45, 2.75) is 6.92 Å². The number of nitriles is 1. The number of thiazole rings is 1. The Bertz CT molecular complexity index is 817. The fraction of sp³-hybridized carbons (Fsp3) is 0.111. The molecule has 22 heavy (non-hydrogen) atoms. The molecule has 0 saturated carbocycles. The van der Waals surface area contributed by atoms with Gasteiger partial charge in [-0.05, 0) is 19.1 Å². The van der Waals surface area contributed by atoms with Crippen LogP contribution >= 0.6 is 11.3 Å². The molecule has 1 aliphatic rings. The second kappa shape index (κ2) is 6.00. The van der Waals surface area contributed by atoms with Crippen LogP contribution in [0.5, 0.6) is 0 Å². The van der Waals surface area contributed by atoms with Crippen molar-refractivity contribution in [1.82, 2.24) is 9.88 Å². The van der Waals surface area contributed by atoms with Gasteiger partial charge >= 0.3 is 0 Å². The van der Waals surface area contributed by atoms with Gasteiger partial charge in [0.1, 0.15) is 16.6 Å². The number of aromatic nitrogens is 1. The third kappa shape index (κ3) is 2.72. The molecule has 4 heteroatoms. The van der Waals surface area contributed by atoms with Crippen molar-refractivity contribution in [3.63, 3.8) is 0 Å². The maximum atomic E-state index is 9.54. The van der Waals surface area contributed by atoms with Crippen molar-refractivity contribution in [2.24, 2.45) is 0 Å². The summed E-state index contributed by atoms with van der Waals surface area (Å²) in [6, 6.07) is 10.5. The highest BCUT2D eigenvalue weighted by atomic mass is 32.1. The van der Waals surface area contributed by atoms with Gasteiger partial charge in [0.15, 0.2) is 0 Å². The number of hydrogen-bond acceptors (Lipinski definition) is 4. The van der Waals surface area contributed by atoms with Crippen LogP contribution in [-0.4, -0.2) is 16.9 Å². The lowest BCUT2D eigenvalue weighted by Gasteiger charge is -2.18. The van der Waals surface area contributed by atoms with Crippen molar-refractivity contribution in [3.05, 3.63) is 70.3 Å². The summed E-state index contributed by atoms with van der Waals surface area (Å²) in [6.07, 6.45) is 7.74. The van der Waals surface area contributed by atoms with Crippen LogP contribution in [0.25, 0.3) is 16.8 Å². The average molecular weight is 305 g/mol. The van der Waals surface area contributed by atoms with Crippen LogP contribution in [0.2, 0.25) is 0 Å². The SMILES string of the molecule is Cc1ccc(-c2csc(C(C#N)=C3C=CC=CN3C)n2)cc1. The summed E-state index contributed by atoms with van der Waals surface area (Å²) in [6.45, 7) is 2.06. The van der Waals surface area contributed by atoms with E-state index in [0.29, 0.717) is 5.57 Å². The molecule has 2 heterocycles. The second-order valence-corrected chi connectivity index (χ2v) is 5.95. The first-order valence-corrected chi connectivity index (χ1v) is 7.82. The number of nitrogens with zero attached hydrogens (tertiary/aromatic N) is 3. The van der Waals surface area contributed by atoms with Gasteiger partial charge < -0.3 is 4.90 Å². The summed E-state index contributed by atoms with van der Waals surface area (Å²) in [5.74, 6) is 0. The van der Waals surface area contributed by atoms with Gasteiger partial charge in [-0.3, -0.25) is 0 Å². The molecule has 0 N–H and O–H groups in total. The number of benzene rings is 1. The van der Waals surface area contributed by atoms with E-state index in [1.165, 1.54) is 16.9 Å². The van der Waals surface area contributed by atoms with Gasteiger partial charge in [0.05, 0.1) is 11.4 Å². The first-order chi connectivity index (χ1) is 10.7. The highest BCUT2D eigenvalue weighted by Gasteiger charge is 2.15. The van der Waals surface area contributed by atoms with Crippen molar-refractivity contribution in [1.29, 1.82) is 5.26 Å². The molecule has 0 bridgehead atoms. The molecular formula is C18H15N3S. The molecule has 0 spiro atoms. The third-order valence-electron chi connectivity index (χ3n) is 3.49. The van der Waals surface area contributed by atoms with Gasteiger partial charge in [-0.2, -0.15) is 5.26 Å². The Labute approximate surface area is 134 Å². The van der Waals surface area contributed by atoms with Gasteiger partial charge in [-0.1, -0.05) is 35.9 Å². The standard InChI is InChI=1S/C18H15N3S/c1-13-6-8-14(9-7-13)16-12-22-18(20-16)15(11-19)17-5-3-4-10-21(17)2/h3-10,12H,1-2H3. The zero-order valence-electron chi connectivity index (χ0n) is 12.4. The minimum absolute atomic E-state index is 0.603. The van der Waals surface area contributed by atoms with E-state index in [0.717, 1.165) is 22.0 Å². The normalized spacial score (nSPS) is 15.8. The molecule has 108 valence electrons. The Morgan fingerprint density at radius 3 is 2.68 bits per heavy atom. The summed E-state index contributed by atoms with van der Waals surface area (Å²) >= 11 is 1.50. The Morgan fingerprint density at radius 1 is 1.23 bits per heavy atom. The highest BCUT2D eigenvalue weighted by Crippen LogP contribution is 2.29. The molecule has 0 unspecified atom stereocenters. The van der Waals surface area contributed by atoms with Gasteiger partial charge in [0, 0.05) is 24.2 Å². The average Bonchev–Trinajstić information content (AvgIpc) is 3.00. The summed E-state index contributed by atoms with van der Waals surface area (Å²) < 4.78 is 0. The van der Waals surface area contributed by atoms with E-state index in [4.69, 9.17) is 0 Å². The van der Waals surface area contributed by atoms with Crippen molar-refractivity contribution in [3.8, 4) is 17.3 Å². The van der Waals surface area contributed by atoms with E-state index in [1.807, 2.05) is 41.8 Å². The summed E-state index contributed by atoms with van der Waals surface area (Å²) in [4.78, 5) is 6.58. The van der Waals surface area contributed by atoms with E-state index in [2.05, 4.69) is 42.2 Å². The van der Waals surface area contributed by atoms with Gasteiger partial charge in [0.25, 0.3) is 0 Å². The van der Waals surface area contributed by atoms with Crippen LogP contribution < -0.4 is 0 Å². The Hall–Kier alpha value is -2.64. The maximum Gasteiger partial charge on any atom is 0.136 e. The number of rotatable bonds is 2. The van der Waals surface area contributed by atoms with E-state index in [-0.39, 0.29) is 0 Å². The molecule has 3 nitrogen and oxygen atoms in total. The molecule has 1 aromatic heterocycles. The minimum atomic E-state index is 0.603. The van der Waals surface area contributed by atoms with Gasteiger partial charge in [0.2, 0.25) is 0 Å². The van der Waals surface area contributed by atoms with Crippen molar-refractivity contribution >= 4 is 16.9 Å². The summed E-state index contributed by atoms with van der Waals surface area (Å²) in [5, 5.41) is 12.3. The minimum Gasteiger partial charge on any atom is -0.350 e. The molecule has 2 aromatic rings. The van der Waals surface area contributed by atoms with Crippen LogP contribution in [0, 0.1) is 18.3 Å². The predicted molar refractivity (Wildman–Crippen MR) is 90.9 cm³/mol. The number of allylic oxidation sites excluding steroid dienone is 4. The lowest BCUT2D eigenvalue weighted by atomic mass is 10.1. The fourth-order valence-corrected chi connectivity index (χ4v) is 3.07. The molecule has 1 aromatic carbocycles. The van der Waals surface area contributed by atoms with Crippen molar-refractivity contribution in [2.75, 3.05) is 7.05 Å². The monoisotopic (exact) mass is 305 g/mol. The first-order valence-electron chi connectivity index (χ1n) is 6.94. The highest BCUT2D eigenvalue weighted by molar-refractivity contribution is 7.11. The zero-order valence-corrected chi connectivity index (χ0v) is 13.3. The molecule has 3 rings (SSSR count). The molecule has 0 fully saturated rings. The Morgan fingerprint density at radius 2 is 2.00 bits per heavy atom. The Kier molecular flexibility index (Phi) is 3.90. The van der Waals surface area contributed by atoms with E-state index < -0.39 is 0 Å². The quantitative estimate of drug-likeness (QED) is 0.774. The lowest BCUT2D eigenvalue weighted by molar-refractivity contribution is 0.587. The molecule has 0 atom stereocenters. The fourth-order valence-electron chi connectivity index (χ4n) is 2.24. The van der Waals surface area contributed by atoms with Crippen LogP contribution in [0.4, 0.5) is 0 Å². The molecule has 1 aliphatic heterocycles. The summed E-state index contributed by atoms with van der Waals surface area (Å²) in [5.41, 5.74) is 4.68. The van der Waals surface area contributed by atoms with E-state index >= 15 is 0 Å². The van der Waals surface area contributed by atoms with Crippen molar-refractivity contribution < 1.29 is 0 Å². The molecule has 0 amide bonds. The molecular weight excluding hydrogens is 290 g/mol. The Balaban J connectivity index is 2.01. The number of aryl methyl sites for hydroxylation is 1. The van der Waals surface area contributed by atoms with Gasteiger partial charge in [-0.15, -0.1) is 11.3 Å². The maximum absolute atomic E-state index is 9.54. The molecule has 0 saturated heterocycles. The third-order valence-corrected chi connectivity index (χ3v) is 4.35. The second-order valence-electron chi connectivity index (χ2n) is 5.09. The lowest BCUT2D eigenvalue weighted by Crippen LogP contribution is -2.12. The van der Waals surface area contributed by atoms with Gasteiger partial charge in [-0.25, -0.2) is 4.98 Å². The van der Waals surface area contributed by atoms with E-state index in [1.54, 1.807) is 0 Å². The van der Waals surface area contributed by atoms with Crippen LogP contribution in [0.15, 0.2) is 59.8 Å². The first kappa shape index (κ1) is 14.3. The topological polar surface area (TPSA) is 39.9 Å². The number of hydrogen-bond donors (Lipinski definition) is 0. The molecule has 0 radical (unpaired) electrons. The predicted octanol–water partition coefficient (Wildman–Crippen LogP) is 4.37. The van der Waals surface area contributed by atoms with E-state index in [9.17, 15) is 5.26 Å². The number of likely N-dealkylation sites (N-methyl/N-ethyl adjacent to an activating group) is 1.